The highest BCUT2D eigenvalue weighted by Gasteiger charge is 2.18. The zero-order valence-electron chi connectivity index (χ0n) is 16.8. The summed E-state index contributed by atoms with van der Waals surface area (Å²) in [5.74, 6) is 1.39. The summed E-state index contributed by atoms with van der Waals surface area (Å²) in [5, 5.41) is 10.7. The third kappa shape index (κ3) is 4.94. The predicted octanol–water partition coefficient (Wildman–Crippen LogP) is 6.88. The zero-order chi connectivity index (χ0) is 22.7. The average Bonchev–Trinajstić information content (AvgIpc) is 3.23. The van der Waals surface area contributed by atoms with Crippen LogP contribution in [-0.2, 0) is 0 Å². The number of Topliss-reactive ketones (excluding diaryl/α,β-unsaturated/α-hetero) is 1. The van der Waals surface area contributed by atoms with Crippen molar-refractivity contribution in [3.63, 3.8) is 0 Å². The van der Waals surface area contributed by atoms with Gasteiger partial charge >= 0.3 is 0 Å². The lowest BCUT2D eigenvalue weighted by Gasteiger charge is -2.11. The average molecular weight is 505 g/mol. The lowest BCUT2D eigenvalue weighted by molar-refractivity contribution is 0.102. The number of benzene rings is 3. The molecule has 1 heterocycles. The van der Waals surface area contributed by atoms with Crippen LogP contribution in [0, 0.1) is 0 Å². The molecule has 0 fully saturated rings. The van der Waals surface area contributed by atoms with E-state index in [0.29, 0.717) is 37.4 Å². The molecule has 4 rings (SSSR count). The largest absolute Gasteiger partial charge is 0.497 e. The van der Waals surface area contributed by atoms with E-state index in [9.17, 15) is 4.79 Å². The van der Waals surface area contributed by atoms with Crippen molar-refractivity contribution in [2.24, 2.45) is 0 Å². The molecule has 3 aromatic carbocycles. The van der Waals surface area contributed by atoms with Crippen molar-refractivity contribution in [2.75, 3.05) is 12.9 Å². The summed E-state index contributed by atoms with van der Waals surface area (Å²) < 4.78 is 7.23. The fraction of sp³-hybridized carbons (Fsp3) is 0.0870. The minimum atomic E-state index is -0.0952. The van der Waals surface area contributed by atoms with Crippen molar-refractivity contribution >= 4 is 52.3 Å². The quantitative estimate of drug-likeness (QED) is 0.203. The van der Waals surface area contributed by atoms with Crippen molar-refractivity contribution in [1.82, 2.24) is 14.8 Å². The molecule has 162 valence electrons. The number of rotatable bonds is 7. The van der Waals surface area contributed by atoms with Gasteiger partial charge in [-0.25, -0.2) is 0 Å². The first kappa shape index (κ1) is 22.7. The molecule has 0 N–H and O–H groups in total. The first-order valence-electron chi connectivity index (χ1n) is 9.43. The van der Waals surface area contributed by atoms with Gasteiger partial charge in [0.1, 0.15) is 5.75 Å². The topological polar surface area (TPSA) is 57.0 Å². The fourth-order valence-corrected chi connectivity index (χ4v) is 4.29. The lowest BCUT2D eigenvalue weighted by Crippen LogP contribution is -2.05. The number of aromatic nitrogens is 3. The van der Waals surface area contributed by atoms with E-state index in [2.05, 4.69) is 10.2 Å². The van der Waals surface area contributed by atoms with E-state index in [1.54, 1.807) is 37.4 Å². The zero-order valence-corrected chi connectivity index (χ0v) is 19.8. The van der Waals surface area contributed by atoms with E-state index >= 15 is 0 Å². The number of thioether (sulfide) groups is 1. The summed E-state index contributed by atoms with van der Waals surface area (Å²) in [5.41, 5.74) is 2.13. The van der Waals surface area contributed by atoms with Gasteiger partial charge in [-0.05, 0) is 54.6 Å². The second-order valence-electron chi connectivity index (χ2n) is 6.69. The molecule has 0 atom stereocenters. The highest BCUT2D eigenvalue weighted by molar-refractivity contribution is 7.99. The normalized spacial score (nSPS) is 10.9. The van der Waals surface area contributed by atoms with Crippen LogP contribution in [0.5, 0.6) is 5.75 Å². The number of nitrogens with zero attached hydrogens (tertiary/aromatic N) is 3. The number of ketones is 1. The van der Waals surface area contributed by atoms with E-state index in [4.69, 9.17) is 39.5 Å². The second-order valence-corrected chi connectivity index (χ2v) is 8.88. The van der Waals surface area contributed by atoms with Crippen LogP contribution >= 0.6 is 46.6 Å². The summed E-state index contributed by atoms with van der Waals surface area (Å²) in [4.78, 5) is 12.7. The van der Waals surface area contributed by atoms with Gasteiger partial charge in [0.15, 0.2) is 16.8 Å². The van der Waals surface area contributed by atoms with Gasteiger partial charge in [-0.3, -0.25) is 9.36 Å². The summed E-state index contributed by atoms with van der Waals surface area (Å²) >= 11 is 19.4. The van der Waals surface area contributed by atoms with E-state index in [0.717, 1.165) is 11.3 Å². The Balaban J connectivity index is 1.68. The fourth-order valence-electron chi connectivity index (χ4n) is 3.02. The smallest absolute Gasteiger partial charge is 0.196 e. The second kappa shape index (κ2) is 9.96. The standard InChI is InChI=1S/C23H16Cl3N3O2S/c1-31-18-4-2-3-15(11-18)22-27-28-23(29(22)17-8-6-16(24)7-9-17)32-13-21(30)14-5-10-19(25)20(26)12-14/h2-12H,13H2,1H3. The van der Waals surface area contributed by atoms with Gasteiger partial charge in [0.25, 0.3) is 0 Å². The molecule has 0 saturated carbocycles. The summed E-state index contributed by atoms with van der Waals surface area (Å²) in [6.45, 7) is 0. The highest BCUT2D eigenvalue weighted by Crippen LogP contribution is 2.31. The minimum absolute atomic E-state index is 0.0952. The van der Waals surface area contributed by atoms with Gasteiger partial charge in [-0.15, -0.1) is 10.2 Å². The number of carbonyl (C=O) groups is 1. The summed E-state index contributed by atoms with van der Waals surface area (Å²) in [6, 6.07) is 19.7. The molecule has 9 heteroatoms. The van der Waals surface area contributed by atoms with E-state index in [1.165, 1.54) is 11.8 Å². The molecule has 0 aliphatic rings. The maximum Gasteiger partial charge on any atom is 0.196 e. The van der Waals surface area contributed by atoms with Crippen LogP contribution in [0.15, 0.2) is 71.9 Å². The molecule has 0 aliphatic heterocycles. The van der Waals surface area contributed by atoms with Crippen LogP contribution in [0.25, 0.3) is 17.1 Å². The molecular formula is C23H16Cl3N3O2S. The van der Waals surface area contributed by atoms with Crippen LogP contribution in [0.4, 0.5) is 0 Å². The van der Waals surface area contributed by atoms with E-state index in [1.807, 2.05) is 41.0 Å². The van der Waals surface area contributed by atoms with Gasteiger partial charge in [0.2, 0.25) is 0 Å². The maximum atomic E-state index is 12.7. The number of hydrogen-bond donors (Lipinski definition) is 0. The molecule has 4 aromatic rings. The van der Waals surface area contributed by atoms with E-state index < -0.39 is 0 Å². The van der Waals surface area contributed by atoms with Crippen LogP contribution in [0.3, 0.4) is 0 Å². The first-order chi connectivity index (χ1) is 15.5. The molecule has 1 aromatic heterocycles. The monoisotopic (exact) mass is 503 g/mol. The molecule has 0 amide bonds. The Morgan fingerprint density at radius 1 is 0.969 bits per heavy atom. The van der Waals surface area contributed by atoms with Gasteiger partial charge in [-0.1, -0.05) is 58.7 Å². The number of carbonyl (C=O) groups excluding carboxylic acids is 1. The summed E-state index contributed by atoms with van der Waals surface area (Å²) in [7, 11) is 1.61. The third-order valence-electron chi connectivity index (χ3n) is 4.62. The molecule has 0 spiro atoms. The molecule has 0 radical (unpaired) electrons. The van der Waals surface area contributed by atoms with Gasteiger partial charge in [0, 0.05) is 21.8 Å². The van der Waals surface area contributed by atoms with Gasteiger partial charge in [0.05, 0.1) is 22.9 Å². The maximum absolute atomic E-state index is 12.7. The van der Waals surface area contributed by atoms with Gasteiger partial charge < -0.3 is 4.74 Å². The Morgan fingerprint density at radius 3 is 2.47 bits per heavy atom. The Labute approximate surface area is 204 Å². The molecule has 0 saturated heterocycles. The predicted molar refractivity (Wildman–Crippen MR) is 130 cm³/mol. The molecule has 32 heavy (non-hydrogen) atoms. The molecule has 0 bridgehead atoms. The van der Waals surface area contributed by atoms with Crippen molar-refractivity contribution in [2.45, 2.75) is 5.16 Å². The van der Waals surface area contributed by atoms with Crippen molar-refractivity contribution in [1.29, 1.82) is 0 Å². The van der Waals surface area contributed by atoms with Crippen LogP contribution in [0.1, 0.15) is 10.4 Å². The molecular weight excluding hydrogens is 489 g/mol. The Kier molecular flexibility index (Phi) is 7.06. The minimum Gasteiger partial charge on any atom is -0.497 e. The SMILES string of the molecule is COc1cccc(-c2nnc(SCC(=O)c3ccc(Cl)c(Cl)c3)n2-c2ccc(Cl)cc2)c1. The van der Waals surface area contributed by atoms with Gasteiger partial charge in [-0.2, -0.15) is 0 Å². The first-order valence-corrected chi connectivity index (χ1v) is 11.5. The summed E-state index contributed by atoms with van der Waals surface area (Å²) in [6.07, 6.45) is 0. The van der Waals surface area contributed by atoms with Crippen LogP contribution in [0.2, 0.25) is 15.1 Å². The number of methoxy groups -OCH3 is 1. The van der Waals surface area contributed by atoms with Crippen molar-refractivity contribution in [3.8, 4) is 22.8 Å². The van der Waals surface area contributed by atoms with E-state index in [-0.39, 0.29) is 11.5 Å². The Morgan fingerprint density at radius 2 is 1.75 bits per heavy atom. The lowest BCUT2D eigenvalue weighted by atomic mass is 10.1. The number of halogens is 3. The third-order valence-corrected chi connectivity index (χ3v) is 6.54. The highest BCUT2D eigenvalue weighted by atomic mass is 35.5. The molecule has 0 aliphatic carbocycles. The number of ether oxygens (including phenoxy) is 1. The number of hydrogen-bond acceptors (Lipinski definition) is 5. The Bertz CT molecular complexity index is 1280. The van der Waals surface area contributed by atoms with Crippen LogP contribution in [-0.4, -0.2) is 33.4 Å². The molecule has 5 nitrogen and oxygen atoms in total. The van der Waals surface area contributed by atoms with Crippen molar-refractivity contribution < 1.29 is 9.53 Å². The Hall–Kier alpha value is -2.51. The van der Waals surface area contributed by atoms with Crippen molar-refractivity contribution in [3.05, 3.63) is 87.4 Å². The van der Waals surface area contributed by atoms with Crippen LogP contribution < -0.4 is 4.74 Å². The molecule has 0 unspecified atom stereocenters.